The molecule has 1 rings (SSSR count). The molecule has 0 heterocycles. The molecule has 1 aromatic rings. The average molecular weight is 354 g/mol. The van der Waals surface area contributed by atoms with E-state index in [4.69, 9.17) is 4.74 Å². The van der Waals surface area contributed by atoms with Crippen molar-refractivity contribution in [3.05, 3.63) is 28.2 Å². The highest BCUT2D eigenvalue weighted by atomic mass is 79.9. The number of alkyl halides is 3. The third-order valence-electron chi connectivity index (χ3n) is 2.66. The van der Waals surface area contributed by atoms with E-state index >= 15 is 0 Å². The third kappa shape index (κ3) is 5.50. The summed E-state index contributed by atoms with van der Waals surface area (Å²) in [5.41, 5.74) is 0.427. The van der Waals surface area contributed by atoms with E-state index in [0.29, 0.717) is 15.8 Å². The normalized spacial score (nSPS) is 11.8. The fourth-order valence-corrected chi connectivity index (χ4v) is 2.11. The maximum Gasteiger partial charge on any atom is 0.390 e. The minimum Gasteiger partial charge on any atom is -0.496 e. The molecule has 20 heavy (non-hydrogen) atoms. The van der Waals surface area contributed by atoms with Crippen LogP contribution in [0.1, 0.15) is 16.8 Å². The fourth-order valence-electron chi connectivity index (χ4n) is 1.57. The number of likely N-dealkylation sites (N-methyl/N-ethyl adjacent to an activating group) is 1. The van der Waals surface area contributed by atoms with E-state index < -0.39 is 12.6 Å². The van der Waals surface area contributed by atoms with E-state index in [1.54, 1.807) is 18.2 Å². The van der Waals surface area contributed by atoms with E-state index in [1.165, 1.54) is 19.1 Å². The average Bonchev–Trinajstić information content (AvgIpc) is 2.35. The van der Waals surface area contributed by atoms with Crippen molar-refractivity contribution in [1.82, 2.24) is 4.90 Å². The number of rotatable bonds is 6. The molecule has 0 bridgehead atoms. The van der Waals surface area contributed by atoms with Crippen molar-refractivity contribution in [3.63, 3.8) is 0 Å². The van der Waals surface area contributed by atoms with Gasteiger partial charge in [-0.3, -0.25) is 9.69 Å². The molecule has 1 aromatic carbocycles. The van der Waals surface area contributed by atoms with Gasteiger partial charge in [0.05, 0.1) is 24.5 Å². The van der Waals surface area contributed by atoms with Crippen LogP contribution in [-0.2, 0) is 0 Å². The summed E-state index contributed by atoms with van der Waals surface area (Å²) in [5.74, 6) is 0.352. The van der Waals surface area contributed by atoms with Crippen molar-refractivity contribution in [1.29, 1.82) is 0 Å². The quantitative estimate of drug-likeness (QED) is 0.732. The monoisotopic (exact) mass is 353 g/mol. The van der Waals surface area contributed by atoms with Gasteiger partial charge in [0, 0.05) is 12.1 Å². The lowest BCUT2D eigenvalue weighted by Gasteiger charge is -2.17. The number of nitrogens with zero attached hydrogens (tertiary/aromatic N) is 1. The van der Waals surface area contributed by atoms with E-state index in [-0.39, 0.29) is 18.9 Å². The molecule has 0 N–H and O–H groups in total. The van der Waals surface area contributed by atoms with Gasteiger partial charge in [-0.25, -0.2) is 0 Å². The molecule has 0 spiro atoms. The van der Waals surface area contributed by atoms with Gasteiger partial charge in [-0.1, -0.05) is 0 Å². The molecule has 0 unspecified atom stereocenters. The highest BCUT2D eigenvalue weighted by Crippen LogP contribution is 2.25. The van der Waals surface area contributed by atoms with Gasteiger partial charge in [0.1, 0.15) is 5.75 Å². The molecule has 0 amide bonds. The number of ether oxygens (including phenoxy) is 1. The van der Waals surface area contributed by atoms with E-state index in [2.05, 4.69) is 15.9 Å². The second-order valence-corrected chi connectivity index (χ2v) is 5.23. The van der Waals surface area contributed by atoms with Crippen LogP contribution >= 0.6 is 15.9 Å². The standard InChI is InChI=1S/C13H15BrF3NO2/c1-18(6-5-13(15,16)17)8-11(19)9-3-4-12(20-2)10(14)7-9/h3-4,7H,5-6,8H2,1-2H3. The van der Waals surface area contributed by atoms with Gasteiger partial charge in [0.25, 0.3) is 0 Å². The Kier molecular flexibility index (Phi) is 6.01. The summed E-state index contributed by atoms with van der Waals surface area (Å²) in [6.07, 6.45) is -5.14. The number of Topliss-reactive ketones (excluding diaryl/α,β-unsaturated/α-hetero) is 1. The van der Waals surface area contributed by atoms with Gasteiger partial charge >= 0.3 is 6.18 Å². The summed E-state index contributed by atoms with van der Waals surface area (Å²) in [7, 11) is 2.99. The predicted octanol–water partition coefficient (Wildman–Crippen LogP) is 3.52. The molecule has 7 heteroatoms. The number of benzene rings is 1. The van der Waals surface area contributed by atoms with E-state index in [1.807, 2.05) is 0 Å². The highest BCUT2D eigenvalue weighted by molar-refractivity contribution is 9.10. The number of halogens is 4. The highest BCUT2D eigenvalue weighted by Gasteiger charge is 2.27. The van der Waals surface area contributed by atoms with Crippen LogP contribution in [0.15, 0.2) is 22.7 Å². The summed E-state index contributed by atoms with van der Waals surface area (Å²) in [6.45, 7) is -0.262. The van der Waals surface area contributed by atoms with Crippen molar-refractivity contribution in [2.24, 2.45) is 0 Å². The Morgan fingerprint density at radius 3 is 2.55 bits per heavy atom. The molecule has 0 fully saturated rings. The van der Waals surface area contributed by atoms with Crippen LogP contribution in [0, 0.1) is 0 Å². The minimum absolute atomic E-state index is 0.0607. The van der Waals surface area contributed by atoms with E-state index in [0.717, 1.165) is 0 Å². The van der Waals surface area contributed by atoms with Gasteiger partial charge in [-0.2, -0.15) is 13.2 Å². The zero-order valence-corrected chi connectivity index (χ0v) is 12.7. The summed E-state index contributed by atoms with van der Waals surface area (Å²) in [6, 6.07) is 4.81. The second kappa shape index (κ2) is 7.08. The van der Waals surface area contributed by atoms with Crippen LogP contribution in [0.25, 0.3) is 0 Å². The van der Waals surface area contributed by atoms with Crippen LogP contribution in [-0.4, -0.2) is 44.1 Å². The predicted molar refractivity (Wildman–Crippen MR) is 73.2 cm³/mol. The summed E-state index contributed by atoms with van der Waals surface area (Å²) in [4.78, 5) is 13.3. The molecule has 0 aliphatic rings. The van der Waals surface area contributed by atoms with Crippen LogP contribution in [0.5, 0.6) is 5.75 Å². The number of carbonyl (C=O) groups is 1. The lowest BCUT2D eigenvalue weighted by atomic mass is 10.1. The first kappa shape index (κ1) is 17.0. The van der Waals surface area contributed by atoms with Gasteiger partial charge in [-0.15, -0.1) is 0 Å². The maximum atomic E-state index is 12.1. The number of ketones is 1. The van der Waals surface area contributed by atoms with Crippen molar-refractivity contribution < 1.29 is 22.7 Å². The molecule has 0 atom stereocenters. The Bertz CT molecular complexity index is 477. The van der Waals surface area contributed by atoms with Crippen molar-refractivity contribution in [3.8, 4) is 5.75 Å². The molecular formula is C13H15BrF3NO2. The third-order valence-corrected chi connectivity index (χ3v) is 3.28. The SMILES string of the molecule is COc1ccc(C(=O)CN(C)CCC(F)(F)F)cc1Br. The Hall–Kier alpha value is -1.08. The first-order chi connectivity index (χ1) is 9.23. The van der Waals surface area contributed by atoms with Gasteiger partial charge in [0.15, 0.2) is 5.78 Å². The zero-order valence-electron chi connectivity index (χ0n) is 11.1. The molecule has 0 saturated carbocycles. The lowest BCUT2D eigenvalue weighted by Crippen LogP contribution is -2.29. The topological polar surface area (TPSA) is 29.5 Å². The molecule has 0 aliphatic carbocycles. The van der Waals surface area contributed by atoms with Gasteiger partial charge in [-0.05, 0) is 41.2 Å². The number of carbonyl (C=O) groups excluding carboxylic acids is 1. The maximum absolute atomic E-state index is 12.1. The summed E-state index contributed by atoms with van der Waals surface area (Å²) >= 11 is 3.26. The zero-order chi connectivity index (χ0) is 15.3. The Balaban J connectivity index is 2.60. The first-order valence-corrected chi connectivity index (χ1v) is 6.64. The molecule has 0 aromatic heterocycles. The first-order valence-electron chi connectivity index (χ1n) is 5.85. The Labute approximate surface area is 123 Å². The van der Waals surface area contributed by atoms with Gasteiger partial charge < -0.3 is 4.74 Å². The van der Waals surface area contributed by atoms with Crippen LogP contribution in [0.3, 0.4) is 0 Å². The van der Waals surface area contributed by atoms with Crippen LogP contribution in [0.2, 0.25) is 0 Å². The Morgan fingerprint density at radius 2 is 2.05 bits per heavy atom. The largest absolute Gasteiger partial charge is 0.496 e. The Morgan fingerprint density at radius 1 is 1.40 bits per heavy atom. The number of hydrogen-bond acceptors (Lipinski definition) is 3. The summed E-state index contributed by atoms with van der Waals surface area (Å²) < 4.78 is 41.9. The lowest BCUT2D eigenvalue weighted by molar-refractivity contribution is -0.137. The molecule has 112 valence electrons. The van der Waals surface area contributed by atoms with Crippen LogP contribution < -0.4 is 4.74 Å². The number of hydrogen-bond donors (Lipinski definition) is 0. The number of methoxy groups -OCH3 is 1. The molecule has 0 aliphatic heterocycles. The molecule has 0 saturated heterocycles. The van der Waals surface area contributed by atoms with Crippen molar-refractivity contribution in [2.45, 2.75) is 12.6 Å². The van der Waals surface area contributed by atoms with E-state index in [9.17, 15) is 18.0 Å². The van der Waals surface area contributed by atoms with Gasteiger partial charge in [0.2, 0.25) is 0 Å². The van der Waals surface area contributed by atoms with Crippen molar-refractivity contribution in [2.75, 3.05) is 27.2 Å². The van der Waals surface area contributed by atoms with Crippen LogP contribution in [0.4, 0.5) is 13.2 Å². The second-order valence-electron chi connectivity index (χ2n) is 4.38. The summed E-state index contributed by atoms with van der Waals surface area (Å²) in [5, 5.41) is 0. The fraction of sp³-hybridized carbons (Fsp3) is 0.462. The van der Waals surface area contributed by atoms with Crippen molar-refractivity contribution >= 4 is 21.7 Å². The molecule has 3 nitrogen and oxygen atoms in total. The molecule has 0 radical (unpaired) electrons. The minimum atomic E-state index is -4.21. The smallest absolute Gasteiger partial charge is 0.390 e. The molecular weight excluding hydrogens is 339 g/mol.